The largest absolute Gasteiger partial charge is 0.481 e. The molecule has 0 heterocycles. The number of hydrogen-bond acceptors (Lipinski definition) is 2. The number of nitrogens with one attached hydrogen (secondary N) is 1. The highest BCUT2D eigenvalue weighted by Crippen LogP contribution is 2.32. The van der Waals surface area contributed by atoms with Gasteiger partial charge >= 0.3 is 12.1 Å². The van der Waals surface area contributed by atoms with E-state index in [9.17, 15) is 22.8 Å². The molecule has 120 valence electrons. The lowest BCUT2D eigenvalue weighted by Crippen LogP contribution is -2.39. The fraction of sp³-hybridized carbons (Fsp3) is 0.467. The first kappa shape index (κ1) is 16.3. The lowest BCUT2D eigenvalue weighted by Gasteiger charge is -2.27. The van der Waals surface area contributed by atoms with Gasteiger partial charge in [-0.3, -0.25) is 9.59 Å². The van der Waals surface area contributed by atoms with Crippen molar-refractivity contribution in [2.24, 2.45) is 5.92 Å². The molecule has 7 heteroatoms. The zero-order valence-electron chi connectivity index (χ0n) is 11.7. The number of rotatable bonds is 3. The van der Waals surface area contributed by atoms with Gasteiger partial charge in [0.15, 0.2) is 0 Å². The number of benzene rings is 1. The second-order valence-corrected chi connectivity index (χ2v) is 5.40. The summed E-state index contributed by atoms with van der Waals surface area (Å²) in [6, 6.07) is 4.34. The first-order valence-electron chi connectivity index (χ1n) is 6.99. The molecule has 4 nitrogen and oxygen atoms in total. The van der Waals surface area contributed by atoms with Crippen LogP contribution in [-0.4, -0.2) is 23.0 Å². The number of aliphatic carboxylic acids is 1. The average molecular weight is 315 g/mol. The van der Waals surface area contributed by atoms with Gasteiger partial charge in [0.1, 0.15) is 0 Å². The summed E-state index contributed by atoms with van der Waals surface area (Å²) < 4.78 is 38.6. The van der Waals surface area contributed by atoms with E-state index in [1.165, 1.54) is 12.1 Å². The van der Waals surface area contributed by atoms with Crippen LogP contribution in [0.15, 0.2) is 24.3 Å². The van der Waals surface area contributed by atoms with Crippen molar-refractivity contribution in [2.45, 2.75) is 37.9 Å². The van der Waals surface area contributed by atoms with E-state index in [1.54, 1.807) is 0 Å². The van der Waals surface area contributed by atoms with Gasteiger partial charge in [-0.15, -0.1) is 0 Å². The summed E-state index contributed by atoms with van der Waals surface area (Å²) in [7, 11) is 0. The molecule has 0 aromatic heterocycles. The van der Waals surface area contributed by atoms with Gasteiger partial charge in [-0.25, -0.2) is 0 Å². The lowest BCUT2D eigenvalue weighted by molar-refractivity contribution is -0.143. The van der Waals surface area contributed by atoms with E-state index in [1.807, 2.05) is 0 Å². The number of hydrogen-bond donors (Lipinski definition) is 2. The maximum Gasteiger partial charge on any atom is 0.417 e. The normalized spacial score (nSPS) is 22.1. The molecule has 22 heavy (non-hydrogen) atoms. The van der Waals surface area contributed by atoms with Crippen molar-refractivity contribution in [1.82, 2.24) is 5.32 Å². The molecule has 2 N–H and O–H groups in total. The van der Waals surface area contributed by atoms with Crippen molar-refractivity contribution < 1.29 is 27.9 Å². The van der Waals surface area contributed by atoms with Crippen LogP contribution in [0.2, 0.25) is 0 Å². The molecular weight excluding hydrogens is 299 g/mol. The maximum atomic E-state index is 12.9. The second-order valence-electron chi connectivity index (χ2n) is 5.40. The summed E-state index contributed by atoms with van der Waals surface area (Å²) in [6.45, 7) is 0. The molecular formula is C15H16F3NO3. The predicted molar refractivity (Wildman–Crippen MR) is 72.3 cm³/mol. The van der Waals surface area contributed by atoms with Crippen LogP contribution in [0, 0.1) is 5.92 Å². The van der Waals surface area contributed by atoms with Gasteiger partial charge in [-0.05, 0) is 37.8 Å². The van der Waals surface area contributed by atoms with E-state index in [-0.39, 0.29) is 6.04 Å². The maximum absolute atomic E-state index is 12.9. The van der Waals surface area contributed by atoms with E-state index in [0.29, 0.717) is 25.7 Å². The van der Waals surface area contributed by atoms with Gasteiger partial charge in [0.05, 0.1) is 17.0 Å². The Bertz CT molecular complexity index is 563. The van der Waals surface area contributed by atoms with E-state index in [2.05, 4.69) is 5.32 Å². The number of carbonyl (C=O) groups excluding carboxylic acids is 1. The van der Waals surface area contributed by atoms with Crippen molar-refractivity contribution in [3.05, 3.63) is 35.4 Å². The Balaban J connectivity index is 2.04. The monoisotopic (exact) mass is 315 g/mol. The Morgan fingerprint density at radius 2 is 1.68 bits per heavy atom. The Hall–Kier alpha value is -2.05. The first-order chi connectivity index (χ1) is 10.3. The smallest absolute Gasteiger partial charge is 0.417 e. The van der Waals surface area contributed by atoms with Gasteiger partial charge in [0, 0.05) is 6.04 Å². The summed E-state index contributed by atoms with van der Waals surface area (Å²) in [4.78, 5) is 22.9. The molecule has 1 aliphatic carbocycles. The second kappa shape index (κ2) is 6.37. The molecule has 0 unspecified atom stereocenters. The van der Waals surface area contributed by atoms with Crippen molar-refractivity contribution in [2.75, 3.05) is 0 Å². The SMILES string of the molecule is O=C(NC1CCC(C(=O)O)CC1)c1ccccc1C(F)(F)F. The molecule has 1 aliphatic rings. The lowest BCUT2D eigenvalue weighted by atomic mass is 9.86. The minimum Gasteiger partial charge on any atom is -0.481 e. The molecule has 0 saturated heterocycles. The molecule has 1 fully saturated rings. The third kappa shape index (κ3) is 3.78. The highest BCUT2D eigenvalue weighted by Gasteiger charge is 2.35. The Morgan fingerprint density at radius 1 is 1.09 bits per heavy atom. The summed E-state index contributed by atoms with van der Waals surface area (Å²) in [5, 5.41) is 11.5. The minimum absolute atomic E-state index is 0.288. The summed E-state index contributed by atoms with van der Waals surface area (Å²) in [6.07, 6.45) is -2.84. The topological polar surface area (TPSA) is 66.4 Å². The summed E-state index contributed by atoms with van der Waals surface area (Å²) in [5.41, 5.74) is -1.37. The molecule has 2 rings (SSSR count). The Labute approximate surface area is 125 Å². The van der Waals surface area contributed by atoms with Crippen LogP contribution in [-0.2, 0) is 11.0 Å². The van der Waals surface area contributed by atoms with Gasteiger partial charge in [0.25, 0.3) is 5.91 Å². The van der Waals surface area contributed by atoms with Crippen LogP contribution in [0.3, 0.4) is 0 Å². The van der Waals surface area contributed by atoms with Crippen LogP contribution < -0.4 is 5.32 Å². The Kier molecular flexibility index (Phi) is 4.73. The quantitative estimate of drug-likeness (QED) is 0.901. The van der Waals surface area contributed by atoms with Crippen molar-refractivity contribution >= 4 is 11.9 Å². The minimum atomic E-state index is -4.59. The molecule has 0 radical (unpaired) electrons. The molecule has 1 aromatic rings. The predicted octanol–water partition coefficient (Wildman–Crippen LogP) is 3.08. The molecule has 0 spiro atoms. The number of amides is 1. The average Bonchev–Trinajstić information content (AvgIpc) is 2.47. The van der Waals surface area contributed by atoms with E-state index in [4.69, 9.17) is 5.11 Å². The van der Waals surface area contributed by atoms with Gasteiger partial charge < -0.3 is 10.4 Å². The van der Waals surface area contributed by atoms with Gasteiger partial charge in [-0.1, -0.05) is 12.1 Å². The Morgan fingerprint density at radius 3 is 2.23 bits per heavy atom. The van der Waals surface area contributed by atoms with E-state index in [0.717, 1.165) is 12.1 Å². The van der Waals surface area contributed by atoms with Crippen LogP contribution in [0.25, 0.3) is 0 Å². The highest BCUT2D eigenvalue weighted by atomic mass is 19.4. The van der Waals surface area contributed by atoms with Crippen molar-refractivity contribution in [1.29, 1.82) is 0 Å². The van der Waals surface area contributed by atoms with Crippen LogP contribution in [0.1, 0.15) is 41.6 Å². The number of halogens is 3. The molecule has 0 atom stereocenters. The van der Waals surface area contributed by atoms with Crippen LogP contribution >= 0.6 is 0 Å². The van der Waals surface area contributed by atoms with Crippen LogP contribution in [0.5, 0.6) is 0 Å². The third-order valence-electron chi connectivity index (χ3n) is 3.89. The third-order valence-corrected chi connectivity index (χ3v) is 3.89. The zero-order chi connectivity index (χ0) is 16.3. The molecule has 1 amide bonds. The first-order valence-corrected chi connectivity index (χ1v) is 6.99. The highest BCUT2D eigenvalue weighted by molar-refractivity contribution is 5.96. The fourth-order valence-electron chi connectivity index (χ4n) is 2.68. The molecule has 0 aliphatic heterocycles. The number of alkyl halides is 3. The van der Waals surface area contributed by atoms with Crippen molar-refractivity contribution in [3.63, 3.8) is 0 Å². The summed E-state index contributed by atoms with van der Waals surface area (Å²) in [5.74, 6) is -2.07. The van der Waals surface area contributed by atoms with E-state index >= 15 is 0 Å². The molecule has 1 aromatic carbocycles. The number of carboxylic acids is 1. The van der Waals surface area contributed by atoms with Gasteiger partial charge in [0.2, 0.25) is 0 Å². The standard InChI is InChI=1S/C15H16F3NO3/c16-15(17,18)12-4-2-1-3-11(12)13(20)19-10-7-5-9(6-8-10)14(21)22/h1-4,9-10H,5-8H2,(H,19,20)(H,21,22). The van der Waals surface area contributed by atoms with E-state index < -0.39 is 35.1 Å². The fourth-order valence-corrected chi connectivity index (χ4v) is 2.68. The summed E-state index contributed by atoms with van der Waals surface area (Å²) >= 11 is 0. The zero-order valence-corrected chi connectivity index (χ0v) is 11.7. The molecule has 1 saturated carbocycles. The van der Waals surface area contributed by atoms with Gasteiger partial charge in [-0.2, -0.15) is 13.2 Å². The number of carbonyl (C=O) groups is 2. The number of carboxylic acid groups (broad SMARTS) is 1. The molecule has 0 bridgehead atoms. The van der Waals surface area contributed by atoms with Crippen LogP contribution in [0.4, 0.5) is 13.2 Å². The van der Waals surface area contributed by atoms with Crippen molar-refractivity contribution in [3.8, 4) is 0 Å².